The van der Waals surface area contributed by atoms with Gasteiger partial charge in [0.15, 0.2) is 0 Å². The second-order valence-corrected chi connectivity index (χ2v) is 7.09. The molecule has 1 atom stereocenters. The van der Waals surface area contributed by atoms with Crippen LogP contribution in [-0.4, -0.2) is 34.9 Å². The highest BCUT2D eigenvalue weighted by atomic mass is 35.5. The number of rotatable bonds is 7. The lowest BCUT2D eigenvalue weighted by Gasteiger charge is -2.21. The van der Waals surface area contributed by atoms with E-state index >= 15 is 0 Å². The first kappa shape index (κ1) is 17.9. The molecule has 3 rings (SSSR count). The molecular formula is C20H25ClN4. The number of fused-ring (bicyclic) bond motifs is 1. The summed E-state index contributed by atoms with van der Waals surface area (Å²) >= 11 is 6.17. The summed E-state index contributed by atoms with van der Waals surface area (Å²) in [4.78, 5) is 6.85. The van der Waals surface area contributed by atoms with Gasteiger partial charge in [0.2, 0.25) is 0 Å². The standard InChI is InChI=1S/C20H25ClN4/c1-15-19(25-14-17(21)9-10-20(25)23-15)13-22-18(11-12-24(2)3)16-7-5-4-6-8-16/h4-10,14,18,22H,11-13H2,1-3H3/t18-/m1/s1. The van der Waals surface area contributed by atoms with Gasteiger partial charge < -0.3 is 14.6 Å². The van der Waals surface area contributed by atoms with Crippen LogP contribution in [0.5, 0.6) is 0 Å². The highest BCUT2D eigenvalue weighted by molar-refractivity contribution is 6.30. The predicted octanol–water partition coefficient (Wildman–Crippen LogP) is 4.08. The molecule has 0 fully saturated rings. The Hall–Kier alpha value is -1.88. The molecule has 0 amide bonds. The Morgan fingerprint density at radius 1 is 1.16 bits per heavy atom. The van der Waals surface area contributed by atoms with E-state index in [4.69, 9.17) is 11.6 Å². The van der Waals surface area contributed by atoms with Crippen molar-refractivity contribution in [2.24, 2.45) is 0 Å². The van der Waals surface area contributed by atoms with Crippen molar-refractivity contribution < 1.29 is 0 Å². The molecule has 0 aliphatic rings. The van der Waals surface area contributed by atoms with E-state index in [1.54, 1.807) is 0 Å². The highest BCUT2D eigenvalue weighted by Crippen LogP contribution is 2.20. The van der Waals surface area contributed by atoms with E-state index < -0.39 is 0 Å². The van der Waals surface area contributed by atoms with Crippen molar-refractivity contribution in [3.05, 3.63) is 70.6 Å². The smallest absolute Gasteiger partial charge is 0.137 e. The number of nitrogens with one attached hydrogen (secondary N) is 1. The van der Waals surface area contributed by atoms with Crippen molar-refractivity contribution in [1.82, 2.24) is 19.6 Å². The van der Waals surface area contributed by atoms with Crippen LogP contribution in [0.2, 0.25) is 5.02 Å². The normalized spacial score (nSPS) is 12.8. The lowest BCUT2D eigenvalue weighted by molar-refractivity contribution is 0.359. The van der Waals surface area contributed by atoms with Crippen molar-refractivity contribution >= 4 is 17.2 Å². The number of nitrogens with zero attached hydrogens (tertiary/aromatic N) is 3. The van der Waals surface area contributed by atoms with E-state index in [2.05, 4.69) is 71.0 Å². The van der Waals surface area contributed by atoms with E-state index in [1.807, 2.05) is 18.3 Å². The van der Waals surface area contributed by atoms with Crippen molar-refractivity contribution in [2.45, 2.75) is 25.9 Å². The Kier molecular flexibility index (Phi) is 5.74. The molecule has 5 heteroatoms. The maximum atomic E-state index is 6.17. The zero-order valence-corrected chi connectivity index (χ0v) is 15.8. The van der Waals surface area contributed by atoms with Crippen LogP contribution in [0, 0.1) is 6.92 Å². The van der Waals surface area contributed by atoms with Gasteiger partial charge in [-0.05, 0) is 51.7 Å². The Balaban J connectivity index is 1.81. The van der Waals surface area contributed by atoms with Crippen LogP contribution in [0.15, 0.2) is 48.7 Å². The van der Waals surface area contributed by atoms with E-state index in [1.165, 1.54) is 5.56 Å². The van der Waals surface area contributed by atoms with Crippen molar-refractivity contribution in [3.63, 3.8) is 0 Å². The number of aryl methyl sites for hydroxylation is 1. The van der Waals surface area contributed by atoms with Gasteiger partial charge in [-0.2, -0.15) is 0 Å². The highest BCUT2D eigenvalue weighted by Gasteiger charge is 2.14. The Morgan fingerprint density at radius 3 is 2.64 bits per heavy atom. The molecule has 0 aliphatic heterocycles. The van der Waals surface area contributed by atoms with Crippen LogP contribution in [0.1, 0.15) is 29.4 Å². The fourth-order valence-corrected chi connectivity index (χ4v) is 3.24. The minimum atomic E-state index is 0.299. The van der Waals surface area contributed by atoms with E-state index in [-0.39, 0.29) is 0 Å². The zero-order chi connectivity index (χ0) is 17.8. The van der Waals surface area contributed by atoms with Crippen molar-refractivity contribution in [1.29, 1.82) is 0 Å². The lowest BCUT2D eigenvalue weighted by atomic mass is 10.0. The maximum absolute atomic E-state index is 6.17. The quantitative estimate of drug-likeness (QED) is 0.692. The largest absolute Gasteiger partial charge is 0.309 e. The van der Waals surface area contributed by atoms with Crippen LogP contribution in [0.4, 0.5) is 0 Å². The van der Waals surface area contributed by atoms with Crippen LogP contribution in [0.25, 0.3) is 5.65 Å². The first-order valence-corrected chi connectivity index (χ1v) is 8.98. The second kappa shape index (κ2) is 8.00. The Bertz CT molecular complexity index is 826. The van der Waals surface area contributed by atoms with Crippen molar-refractivity contribution in [2.75, 3.05) is 20.6 Å². The fourth-order valence-electron chi connectivity index (χ4n) is 3.08. The number of imidazole rings is 1. The molecule has 1 aromatic carbocycles. The van der Waals surface area contributed by atoms with Crippen LogP contribution in [0.3, 0.4) is 0 Å². The molecular weight excluding hydrogens is 332 g/mol. The third-order valence-electron chi connectivity index (χ3n) is 4.46. The summed E-state index contributed by atoms with van der Waals surface area (Å²) in [6.07, 6.45) is 2.98. The average Bonchev–Trinajstić information content (AvgIpc) is 2.90. The lowest BCUT2D eigenvalue weighted by Crippen LogP contribution is -2.26. The Labute approximate surface area is 154 Å². The topological polar surface area (TPSA) is 32.6 Å². The molecule has 0 bridgehead atoms. The zero-order valence-electron chi connectivity index (χ0n) is 15.0. The molecule has 132 valence electrons. The first-order valence-electron chi connectivity index (χ1n) is 8.61. The molecule has 0 saturated heterocycles. The summed E-state index contributed by atoms with van der Waals surface area (Å²) in [6, 6.07) is 14.8. The number of pyridine rings is 1. The molecule has 0 aliphatic carbocycles. The predicted molar refractivity (Wildman–Crippen MR) is 104 cm³/mol. The van der Waals surface area contributed by atoms with Gasteiger partial charge in [-0.3, -0.25) is 0 Å². The number of benzene rings is 1. The van der Waals surface area contributed by atoms with Crippen LogP contribution >= 0.6 is 11.6 Å². The average molecular weight is 357 g/mol. The van der Waals surface area contributed by atoms with Gasteiger partial charge in [-0.15, -0.1) is 0 Å². The van der Waals surface area contributed by atoms with Crippen molar-refractivity contribution in [3.8, 4) is 0 Å². The molecule has 1 N–H and O–H groups in total. The second-order valence-electron chi connectivity index (χ2n) is 6.66. The minimum Gasteiger partial charge on any atom is -0.309 e. The van der Waals surface area contributed by atoms with Crippen LogP contribution in [-0.2, 0) is 6.54 Å². The summed E-state index contributed by atoms with van der Waals surface area (Å²) < 4.78 is 2.08. The number of aromatic nitrogens is 2. The molecule has 2 heterocycles. The Morgan fingerprint density at radius 2 is 1.92 bits per heavy atom. The third kappa shape index (κ3) is 4.40. The third-order valence-corrected chi connectivity index (χ3v) is 4.69. The summed E-state index contributed by atoms with van der Waals surface area (Å²) in [5.74, 6) is 0. The van der Waals surface area contributed by atoms with Gasteiger partial charge in [0.1, 0.15) is 5.65 Å². The van der Waals surface area contributed by atoms with Gasteiger partial charge >= 0.3 is 0 Å². The first-order chi connectivity index (χ1) is 12.0. The summed E-state index contributed by atoms with van der Waals surface area (Å²) in [6.45, 7) is 3.83. The van der Waals surface area contributed by atoms with Gasteiger partial charge in [0.05, 0.1) is 16.4 Å². The number of hydrogen-bond acceptors (Lipinski definition) is 3. The molecule has 0 saturated carbocycles. The van der Waals surface area contributed by atoms with Crippen LogP contribution < -0.4 is 5.32 Å². The number of hydrogen-bond donors (Lipinski definition) is 1. The van der Waals surface area contributed by atoms with E-state index in [9.17, 15) is 0 Å². The van der Waals surface area contributed by atoms with Gasteiger partial charge in [-0.1, -0.05) is 41.9 Å². The molecule has 0 spiro atoms. The van der Waals surface area contributed by atoms with E-state index in [0.29, 0.717) is 6.04 Å². The molecule has 3 aromatic rings. The summed E-state index contributed by atoms with van der Waals surface area (Å²) in [7, 11) is 4.22. The maximum Gasteiger partial charge on any atom is 0.137 e. The van der Waals surface area contributed by atoms with Gasteiger partial charge in [0, 0.05) is 18.8 Å². The molecule has 4 nitrogen and oxygen atoms in total. The molecule has 2 aromatic heterocycles. The fraction of sp³-hybridized carbons (Fsp3) is 0.350. The van der Waals surface area contributed by atoms with Gasteiger partial charge in [-0.25, -0.2) is 4.98 Å². The number of halogens is 1. The summed E-state index contributed by atoms with van der Waals surface area (Å²) in [5, 5.41) is 4.44. The SMILES string of the molecule is Cc1nc2ccc(Cl)cn2c1CN[C@H](CCN(C)C)c1ccccc1. The molecule has 25 heavy (non-hydrogen) atoms. The minimum absolute atomic E-state index is 0.299. The molecule has 0 radical (unpaired) electrons. The summed E-state index contributed by atoms with van der Waals surface area (Å²) in [5.41, 5.74) is 4.44. The molecule has 0 unspecified atom stereocenters. The monoisotopic (exact) mass is 356 g/mol. The van der Waals surface area contributed by atoms with Gasteiger partial charge in [0.25, 0.3) is 0 Å². The van der Waals surface area contributed by atoms with E-state index in [0.717, 1.165) is 41.6 Å².